The standard InChI is InChI=1S/C24H21FN2OS/c1-16(2)18-10-5-8-14-22(18)27-23(28)19-11-4-7-13-21(19)26-24(27)29-15-17-9-3-6-12-20(17)25/h3-14,16H,15H2,1-2H3. The van der Waals surface area contributed by atoms with Gasteiger partial charge in [-0.2, -0.15) is 0 Å². The molecule has 0 aliphatic carbocycles. The van der Waals surface area contributed by atoms with Crippen LogP contribution in [0.1, 0.15) is 30.9 Å². The van der Waals surface area contributed by atoms with Crippen molar-refractivity contribution in [3.8, 4) is 5.69 Å². The van der Waals surface area contributed by atoms with Gasteiger partial charge in [-0.05, 0) is 41.3 Å². The zero-order valence-electron chi connectivity index (χ0n) is 16.3. The molecule has 3 nitrogen and oxygen atoms in total. The molecule has 0 amide bonds. The van der Waals surface area contributed by atoms with Crippen LogP contribution in [-0.2, 0) is 5.75 Å². The summed E-state index contributed by atoms with van der Waals surface area (Å²) >= 11 is 1.37. The summed E-state index contributed by atoms with van der Waals surface area (Å²) in [6, 6.07) is 21.9. The fourth-order valence-corrected chi connectivity index (χ4v) is 4.35. The Bertz CT molecular complexity index is 1230. The van der Waals surface area contributed by atoms with Crippen molar-refractivity contribution in [3.05, 3.63) is 100 Å². The van der Waals surface area contributed by atoms with Crippen LogP contribution in [0, 0.1) is 5.82 Å². The number of aromatic nitrogens is 2. The summed E-state index contributed by atoms with van der Waals surface area (Å²) in [4.78, 5) is 18.2. The number of fused-ring (bicyclic) bond motifs is 1. The zero-order chi connectivity index (χ0) is 20.4. The first-order valence-electron chi connectivity index (χ1n) is 9.53. The lowest BCUT2D eigenvalue weighted by molar-refractivity contribution is 0.617. The summed E-state index contributed by atoms with van der Waals surface area (Å²) in [7, 11) is 0. The lowest BCUT2D eigenvalue weighted by Gasteiger charge is -2.18. The minimum Gasteiger partial charge on any atom is -0.268 e. The smallest absolute Gasteiger partial charge is 0.266 e. The van der Waals surface area contributed by atoms with Crippen molar-refractivity contribution >= 4 is 22.7 Å². The Morgan fingerprint density at radius 2 is 1.66 bits per heavy atom. The Balaban J connectivity index is 1.90. The normalized spacial score (nSPS) is 11.3. The molecule has 0 bridgehead atoms. The number of thioether (sulfide) groups is 1. The van der Waals surface area contributed by atoms with Crippen LogP contribution in [0.15, 0.2) is 82.7 Å². The highest BCUT2D eigenvalue weighted by atomic mass is 32.2. The fraction of sp³-hybridized carbons (Fsp3) is 0.167. The van der Waals surface area contributed by atoms with Gasteiger partial charge in [-0.1, -0.05) is 74.1 Å². The molecule has 0 saturated carbocycles. The lowest BCUT2D eigenvalue weighted by Crippen LogP contribution is -2.23. The molecular weight excluding hydrogens is 383 g/mol. The first-order chi connectivity index (χ1) is 14.1. The average molecular weight is 405 g/mol. The maximum Gasteiger partial charge on any atom is 0.266 e. The zero-order valence-corrected chi connectivity index (χ0v) is 17.1. The van der Waals surface area contributed by atoms with Gasteiger partial charge >= 0.3 is 0 Å². The van der Waals surface area contributed by atoms with Gasteiger partial charge in [-0.15, -0.1) is 0 Å². The van der Waals surface area contributed by atoms with Gasteiger partial charge in [0.05, 0.1) is 16.6 Å². The van der Waals surface area contributed by atoms with Gasteiger partial charge in [-0.25, -0.2) is 9.37 Å². The molecule has 29 heavy (non-hydrogen) atoms. The van der Waals surface area contributed by atoms with Gasteiger partial charge in [-0.3, -0.25) is 9.36 Å². The molecule has 5 heteroatoms. The molecule has 0 radical (unpaired) electrons. The lowest BCUT2D eigenvalue weighted by atomic mass is 10.0. The Labute approximate surface area is 173 Å². The molecule has 0 N–H and O–H groups in total. The van der Waals surface area contributed by atoms with E-state index < -0.39 is 0 Å². The van der Waals surface area contributed by atoms with Crippen LogP contribution in [0.4, 0.5) is 4.39 Å². The Kier molecular flexibility index (Phi) is 5.49. The van der Waals surface area contributed by atoms with Gasteiger partial charge in [0.25, 0.3) is 5.56 Å². The van der Waals surface area contributed by atoms with Crippen LogP contribution in [0.25, 0.3) is 16.6 Å². The van der Waals surface area contributed by atoms with Crippen molar-refractivity contribution in [1.29, 1.82) is 0 Å². The van der Waals surface area contributed by atoms with E-state index >= 15 is 0 Å². The third kappa shape index (κ3) is 3.83. The predicted molar refractivity (Wildman–Crippen MR) is 117 cm³/mol. The first kappa shape index (κ1) is 19.4. The number of benzene rings is 3. The van der Waals surface area contributed by atoms with E-state index in [1.165, 1.54) is 17.8 Å². The molecule has 4 rings (SSSR count). The highest BCUT2D eigenvalue weighted by molar-refractivity contribution is 7.98. The highest BCUT2D eigenvalue weighted by Gasteiger charge is 2.17. The second-order valence-corrected chi connectivity index (χ2v) is 8.09. The SMILES string of the molecule is CC(C)c1ccccc1-n1c(SCc2ccccc2F)nc2ccccc2c1=O. The molecule has 0 spiro atoms. The van der Waals surface area contributed by atoms with Crippen LogP contribution in [0.5, 0.6) is 0 Å². The summed E-state index contributed by atoms with van der Waals surface area (Å²) in [6.07, 6.45) is 0. The van der Waals surface area contributed by atoms with Crippen LogP contribution >= 0.6 is 11.8 Å². The van der Waals surface area contributed by atoms with Crippen molar-refractivity contribution in [1.82, 2.24) is 9.55 Å². The third-order valence-corrected chi connectivity index (χ3v) is 5.85. The Morgan fingerprint density at radius 3 is 2.45 bits per heavy atom. The predicted octanol–water partition coefficient (Wildman–Crippen LogP) is 5.94. The molecule has 0 aliphatic heterocycles. The van der Waals surface area contributed by atoms with Crippen molar-refractivity contribution in [3.63, 3.8) is 0 Å². The van der Waals surface area contributed by atoms with E-state index in [1.807, 2.05) is 48.5 Å². The molecule has 1 heterocycles. The van der Waals surface area contributed by atoms with Gasteiger partial charge in [0, 0.05) is 5.75 Å². The third-order valence-electron chi connectivity index (χ3n) is 4.86. The number of halogens is 1. The van der Waals surface area contributed by atoms with E-state index in [4.69, 9.17) is 4.98 Å². The minimum absolute atomic E-state index is 0.111. The number of nitrogens with zero attached hydrogens (tertiary/aromatic N) is 2. The van der Waals surface area contributed by atoms with E-state index in [9.17, 15) is 9.18 Å². The molecule has 4 aromatic rings. The van der Waals surface area contributed by atoms with E-state index in [0.29, 0.717) is 27.4 Å². The maximum atomic E-state index is 14.1. The molecule has 0 unspecified atom stereocenters. The van der Waals surface area contributed by atoms with E-state index in [1.54, 1.807) is 22.8 Å². The molecule has 0 saturated heterocycles. The van der Waals surface area contributed by atoms with Gasteiger partial charge in [0.1, 0.15) is 5.82 Å². The number of rotatable bonds is 5. The number of hydrogen-bond donors (Lipinski definition) is 0. The molecule has 0 aliphatic rings. The van der Waals surface area contributed by atoms with E-state index in [2.05, 4.69) is 13.8 Å². The first-order valence-corrected chi connectivity index (χ1v) is 10.5. The van der Waals surface area contributed by atoms with Crippen LogP contribution < -0.4 is 5.56 Å². The molecule has 0 fully saturated rings. The molecule has 1 aromatic heterocycles. The Morgan fingerprint density at radius 1 is 0.966 bits per heavy atom. The van der Waals surface area contributed by atoms with Crippen molar-refractivity contribution in [2.75, 3.05) is 0 Å². The molecular formula is C24H21FN2OS. The largest absolute Gasteiger partial charge is 0.268 e. The molecule has 146 valence electrons. The second kappa shape index (κ2) is 8.21. The average Bonchev–Trinajstić information content (AvgIpc) is 2.73. The molecule has 0 atom stereocenters. The van der Waals surface area contributed by atoms with Gasteiger partial charge in [0.2, 0.25) is 0 Å². The van der Waals surface area contributed by atoms with Crippen molar-refractivity contribution < 1.29 is 4.39 Å². The fourth-order valence-electron chi connectivity index (χ4n) is 3.36. The summed E-state index contributed by atoms with van der Waals surface area (Å²) in [5, 5.41) is 1.13. The van der Waals surface area contributed by atoms with Crippen LogP contribution in [0.2, 0.25) is 0 Å². The topological polar surface area (TPSA) is 34.9 Å². The molecule has 3 aromatic carbocycles. The Hall–Kier alpha value is -2.92. The maximum absolute atomic E-state index is 14.1. The van der Waals surface area contributed by atoms with Crippen molar-refractivity contribution in [2.24, 2.45) is 0 Å². The van der Waals surface area contributed by atoms with E-state index in [0.717, 1.165) is 11.3 Å². The van der Waals surface area contributed by atoms with Gasteiger partial charge in [0.15, 0.2) is 5.16 Å². The quantitative estimate of drug-likeness (QED) is 0.305. The van der Waals surface area contributed by atoms with Crippen molar-refractivity contribution in [2.45, 2.75) is 30.7 Å². The second-order valence-electron chi connectivity index (χ2n) is 7.15. The monoisotopic (exact) mass is 404 g/mol. The summed E-state index contributed by atoms with van der Waals surface area (Å²) in [6.45, 7) is 4.20. The van der Waals surface area contributed by atoms with Gasteiger partial charge < -0.3 is 0 Å². The summed E-state index contributed by atoms with van der Waals surface area (Å²) < 4.78 is 15.8. The van der Waals surface area contributed by atoms with Crippen LogP contribution in [0.3, 0.4) is 0 Å². The minimum atomic E-state index is -0.253. The summed E-state index contributed by atoms with van der Waals surface area (Å²) in [5.41, 5.74) is 3.01. The number of para-hydroxylation sites is 2. The van der Waals surface area contributed by atoms with Crippen LogP contribution in [-0.4, -0.2) is 9.55 Å². The summed E-state index contributed by atoms with van der Waals surface area (Å²) in [5.74, 6) is 0.382. The number of hydrogen-bond acceptors (Lipinski definition) is 3. The van der Waals surface area contributed by atoms with E-state index in [-0.39, 0.29) is 17.3 Å². The highest BCUT2D eigenvalue weighted by Crippen LogP contribution is 2.29.